The van der Waals surface area contributed by atoms with E-state index in [0.29, 0.717) is 12.8 Å². The SMILES string of the molecule is CCCCC(CCC)N1C(=O)NC(=O)C2(CC2)C1=O. The number of carbonyl (C=O) groups is 3. The molecule has 0 radical (unpaired) electrons. The van der Waals surface area contributed by atoms with Crippen LogP contribution >= 0.6 is 0 Å². The largest absolute Gasteiger partial charge is 0.331 e. The standard InChI is InChI=1S/C14H22N2O3/c1-3-5-7-10(6-4-2)16-12(18)14(8-9-14)11(17)15-13(16)19/h10H,3-9H2,1-2H3,(H,15,17,19). The molecule has 5 heteroatoms. The van der Waals surface area contributed by atoms with Gasteiger partial charge in [0.15, 0.2) is 0 Å². The molecule has 1 spiro atoms. The molecule has 1 saturated carbocycles. The molecule has 0 aromatic carbocycles. The molecule has 19 heavy (non-hydrogen) atoms. The van der Waals surface area contributed by atoms with Crippen molar-refractivity contribution in [3.05, 3.63) is 0 Å². The van der Waals surface area contributed by atoms with Crippen LogP contribution in [0.25, 0.3) is 0 Å². The molecule has 1 aliphatic carbocycles. The average Bonchev–Trinajstić information content (AvgIpc) is 3.15. The minimum Gasteiger partial charge on any atom is -0.277 e. The van der Waals surface area contributed by atoms with E-state index in [1.807, 2.05) is 6.92 Å². The van der Waals surface area contributed by atoms with Gasteiger partial charge in [-0.1, -0.05) is 33.1 Å². The zero-order valence-corrected chi connectivity index (χ0v) is 11.7. The summed E-state index contributed by atoms with van der Waals surface area (Å²) in [6.07, 6.45) is 5.74. The summed E-state index contributed by atoms with van der Waals surface area (Å²) in [7, 11) is 0. The molecule has 4 amide bonds. The molecule has 5 nitrogen and oxygen atoms in total. The Balaban J connectivity index is 2.17. The molecule has 1 saturated heterocycles. The number of unbranched alkanes of at least 4 members (excludes halogenated alkanes) is 1. The van der Waals surface area contributed by atoms with Crippen LogP contribution < -0.4 is 5.32 Å². The lowest BCUT2D eigenvalue weighted by Gasteiger charge is -2.36. The zero-order chi connectivity index (χ0) is 14.0. The van der Waals surface area contributed by atoms with E-state index in [4.69, 9.17) is 0 Å². The van der Waals surface area contributed by atoms with Crippen molar-refractivity contribution in [2.24, 2.45) is 5.41 Å². The molecular weight excluding hydrogens is 244 g/mol. The predicted octanol–water partition coefficient (Wildman–Crippen LogP) is 2.20. The van der Waals surface area contributed by atoms with Crippen LogP contribution in [0.4, 0.5) is 4.79 Å². The van der Waals surface area contributed by atoms with E-state index in [2.05, 4.69) is 12.2 Å². The Bertz CT molecular complexity index is 401. The third-order valence-corrected chi connectivity index (χ3v) is 4.13. The Morgan fingerprint density at radius 2 is 1.84 bits per heavy atom. The van der Waals surface area contributed by atoms with Crippen LogP contribution in [0.3, 0.4) is 0 Å². The van der Waals surface area contributed by atoms with Crippen LogP contribution in [0, 0.1) is 5.41 Å². The summed E-state index contributed by atoms with van der Waals surface area (Å²) < 4.78 is 0. The van der Waals surface area contributed by atoms with Crippen molar-refractivity contribution in [2.45, 2.75) is 64.8 Å². The molecule has 1 atom stereocenters. The van der Waals surface area contributed by atoms with Gasteiger partial charge in [-0.25, -0.2) is 4.79 Å². The average molecular weight is 266 g/mol. The van der Waals surface area contributed by atoms with Gasteiger partial charge in [-0.15, -0.1) is 0 Å². The second-order valence-electron chi connectivity index (χ2n) is 5.60. The Labute approximate surface area is 113 Å². The van der Waals surface area contributed by atoms with Crippen LogP contribution in [-0.4, -0.2) is 28.8 Å². The van der Waals surface area contributed by atoms with E-state index in [9.17, 15) is 14.4 Å². The Morgan fingerprint density at radius 3 is 2.37 bits per heavy atom. The van der Waals surface area contributed by atoms with E-state index in [-0.39, 0.29) is 11.9 Å². The maximum absolute atomic E-state index is 12.5. The van der Waals surface area contributed by atoms with Crippen molar-refractivity contribution in [1.29, 1.82) is 0 Å². The fraction of sp³-hybridized carbons (Fsp3) is 0.786. The maximum Gasteiger partial charge on any atom is 0.331 e. The molecule has 0 aromatic heterocycles. The number of nitrogens with one attached hydrogen (secondary N) is 1. The molecule has 1 N–H and O–H groups in total. The Hall–Kier alpha value is -1.39. The highest BCUT2D eigenvalue weighted by Crippen LogP contribution is 2.49. The summed E-state index contributed by atoms with van der Waals surface area (Å²) in [6.45, 7) is 4.14. The highest BCUT2D eigenvalue weighted by molar-refractivity contribution is 6.21. The van der Waals surface area contributed by atoms with Gasteiger partial charge in [-0.3, -0.25) is 19.8 Å². The predicted molar refractivity (Wildman–Crippen MR) is 70.3 cm³/mol. The molecule has 1 heterocycles. The van der Waals surface area contributed by atoms with Crippen LogP contribution in [0.1, 0.15) is 58.8 Å². The van der Waals surface area contributed by atoms with E-state index >= 15 is 0 Å². The molecule has 2 rings (SSSR count). The van der Waals surface area contributed by atoms with Crippen molar-refractivity contribution in [3.63, 3.8) is 0 Å². The Morgan fingerprint density at radius 1 is 1.16 bits per heavy atom. The molecule has 2 aliphatic rings. The number of urea groups is 1. The minimum atomic E-state index is -0.911. The second-order valence-corrected chi connectivity index (χ2v) is 5.60. The van der Waals surface area contributed by atoms with Crippen LogP contribution in [0.5, 0.6) is 0 Å². The van der Waals surface area contributed by atoms with Crippen molar-refractivity contribution in [2.75, 3.05) is 0 Å². The topological polar surface area (TPSA) is 66.5 Å². The first-order valence-corrected chi connectivity index (χ1v) is 7.26. The van der Waals surface area contributed by atoms with Gasteiger partial charge in [0.1, 0.15) is 5.41 Å². The summed E-state index contributed by atoms with van der Waals surface area (Å²) in [5.74, 6) is -0.666. The number of barbiturate groups is 1. The maximum atomic E-state index is 12.5. The lowest BCUT2D eigenvalue weighted by atomic mass is 9.97. The minimum absolute atomic E-state index is 0.0666. The summed E-state index contributed by atoms with van der Waals surface area (Å²) in [5.41, 5.74) is -0.911. The van der Waals surface area contributed by atoms with Crippen molar-refractivity contribution >= 4 is 17.8 Å². The fourth-order valence-electron chi connectivity index (χ4n) is 2.77. The summed E-state index contributed by atoms with van der Waals surface area (Å²) >= 11 is 0. The number of rotatable bonds is 6. The van der Waals surface area contributed by atoms with Crippen LogP contribution in [-0.2, 0) is 9.59 Å². The van der Waals surface area contributed by atoms with Gasteiger partial charge in [0, 0.05) is 6.04 Å². The molecule has 106 valence electrons. The summed E-state index contributed by atoms with van der Waals surface area (Å²) in [4.78, 5) is 37.5. The molecular formula is C14H22N2O3. The zero-order valence-electron chi connectivity index (χ0n) is 11.7. The smallest absolute Gasteiger partial charge is 0.277 e. The van der Waals surface area contributed by atoms with Crippen molar-refractivity contribution in [1.82, 2.24) is 10.2 Å². The van der Waals surface area contributed by atoms with Crippen LogP contribution in [0.2, 0.25) is 0 Å². The molecule has 0 bridgehead atoms. The number of nitrogens with zero attached hydrogens (tertiary/aromatic N) is 1. The first-order valence-electron chi connectivity index (χ1n) is 7.26. The van der Waals surface area contributed by atoms with E-state index in [1.165, 1.54) is 4.90 Å². The van der Waals surface area contributed by atoms with Crippen molar-refractivity contribution in [3.8, 4) is 0 Å². The third-order valence-electron chi connectivity index (χ3n) is 4.13. The van der Waals surface area contributed by atoms with Gasteiger partial charge in [0.25, 0.3) is 0 Å². The first kappa shape index (κ1) is 14.0. The Kier molecular flexibility index (Phi) is 3.92. The number of hydrogen-bond acceptors (Lipinski definition) is 3. The van der Waals surface area contributed by atoms with E-state index < -0.39 is 17.4 Å². The lowest BCUT2D eigenvalue weighted by Crippen LogP contribution is -2.62. The monoisotopic (exact) mass is 266 g/mol. The number of hydrogen-bond donors (Lipinski definition) is 1. The van der Waals surface area contributed by atoms with Gasteiger partial charge in [-0.05, 0) is 25.7 Å². The van der Waals surface area contributed by atoms with Gasteiger partial charge in [-0.2, -0.15) is 0 Å². The second kappa shape index (κ2) is 5.31. The van der Waals surface area contributed by atoms with Gasteiger partial charge >= 0.3 is 6.03 Å². The molecule has 0 aromatic rings. The van der Waals surface area contributed by atoms with Gasteiger partial charge in [0.2, 0.25) is 11.8 Å². The quantitative estimate of drug-likeness (QED) is 0.749. The highest BCUT2D eigenvalue weighted by Gasteiger charge is 2.62. The van der Waals surface area contributed by atoms with Crippen LogP contribution in [0.15, 0.2) is 0 Å². The number of imide groups is 2. The fourth-order valence-corrected chi connectivity index (χ4v) is 2.77. The summed E-state index contributed by atoms with van der Waals surface area (Å²) in [6, 6.07) is -0.592. The highest BCUT2D eigenvalue weighted by atomic mass is 16.2. The van der Waals surface area contributed by atoms with Gasteiger partial charge < -0.3 is 0 Å². The number of carbonyl (C=O) groups excluding carboxylic acids is 3. The molecule has 2 fully saturated rings. The van der Waals surface area contributed by atoms with Crippen molar-refractivity contribution < 1.29 is 14.4 Å². The summed E-state index contributed by atoms with van der Waals surface area (Å²) in [5, 5.41) is 2.36. The van der Waals surface area contributed by atoms with E-state index in [1.54, 1.807) is 0 Å². The normalized spacial score (nSPS) is 22.6. The molecule has 1 aliphatic heterocycles. The third kappa shape index (κ3) is 2.38. The van der Waals surface area contributed by atoms with E-state index in [0.717, 1.165) is 32.1 Å². The van der Waals surface area contributed by atoms with Gasteiger partial charge in [0.05, 0.1) is 0 Å². The molecule has 1 unspecified atom stereocenters. The number of amides is 4. The lowest BCUT2D eigenvalue weighted by molar-refractivity contribution is -0.146. The first-order chi connectivity index (χ1) is 9.06.